The number of amides is 1. The molecule has 2 heterocycles. The lowest BCUT2D eigenvalue weighted by Crippen LogP contribution is -2.44. The highest BCUT2D eigenvalue weighted by atomic mass is 35.5. The molecule has 1 saturated carbocycles. The number of carbonyl (C=O) groups is 1. The molecule has 1 amide bonds. The van der Waals surface area contributed by atoms with Gasteiger partial charge in [-0.1, -0.05) is 12.8 Å². The molecule has 5 nitrogen and oxygen atoms in total. The average Bonchev–Trinajstić information content (AvgIpc) is 3.05. The van der Waals surface area contributed by atoms with Crippen LogP contribution in [0.2, 0.25) is 0 Å². The average molecular weight is 335 g/mol. The molecule has 0 aromatic carbocycles. The van der Waals surface area contributed by atoms with Crippen molar-refractivity contribution in [1.82, 2.24) is 15.1 Å². The normalized spacial score (nSPS) is 27.3. The van der Waals surface area contributed by atoms with Crippen molar-refractivity contribution in [2.24, 2.45) is 11.3 Å². The fraction of sp³-hybridized carbons (Fsp3) is 0.714. The fourth-order valence-corrected chi connectivity index (χ4v) is 3.60. The molecule has 1 aliphatic carbocycles. The van der Waals surface area contributed by atoms with Crippen LogP contribution in [0.3, 0.4) is 0 Å². The van der Waals surface area contributed by atoms with Gasteiger partial charge < -0.3 is 10.6 Å². The minimum absolute atomic E-state index is 0. The summed E-state index contributed by atoms with van der Waals surface area (Å²) in [6.45, 7) is 1.12. The van der Waals surface area contributed by atoms with E-state index in [0.29, 0.717) is 18.3 Å². The standard InChI is InChI=1S/C14H20F2N4O.ClH/c15-11(16)8-20-6-4-12(19-20)18-13(21)14-5-2-1-3-10(14)7-17-9-14;/h4,6,10-11,17H,1-3,5,7-9H2,(H,18,19,21);1H/t10-,14+;/m0./s1. The smallest absolute Gasteiger partial charge is 0.257 e. The predicted molar refractivity (Wildman–Crippen MR) is 81.4 cm³/mol. The number of rotatable bonds is 4. The van der Waals surface area contributed by atoms with Gasteiger partial charge in [-0.05, 0) is 25.3 Å². The van der Waals surface area contributed by atoms with Crippen molar-refractivity contribution in [3.63, 3.8) is 0 Å². The van der Waals surface area contributed by atoms with Crippen LogP contribution in [-0.4, -0.2) is 35.2 Å². The van der Waals surface area contributed by atoms with Crippen LogP contribution in [0.25, 0.3) is 0 Å². The molecule has 0 radical (unpaired) electrons. The maximum atomic E-state index is 12.7. The van der Waals surface area contributed by atoms with E-state index < -0.39 is 13.0 Å². The summed E-state index contributed by atoms with van der Waals surface area (Å²) >= 11 is 0. The molecule has 2 N–H and O–H groups in total. The van der Waals surface area contributed by atoms with Gasteiger partial charge in [-0.2, -0.15) is 5.10 Å². The summed E-state index contributed by atoms with van der Waals surface area (Å²) in [5.41, 5.74) is -0.356. The minimum atomic E-state index is -2.45. The Kier molecular flexibility index (Phi) is 5.39. The number of anilines is 1. The van der Waals surface area contributed by atoms with E-state index >= 15 is 0 Å². The molecule has 2 aliphatic rings. The van der Waals surface area contributed by atoms with Crippen LogP contribution in [0.15, 0.2) is 12.3 Å². The molecule has 0 unspecified atom stereocenters. The Hall–Kier alpha value is -1.21. The molecular weight excluding hydrogens is 314 g/mol. The number of alkyl halides is 2. The first-order valence-electron chi connectivity index (χ1n) is 7.44. The Morgan fingerprint density at radius 1 is 1.55 bits per heavy atom. The molecule has 3 rings (SSSR count). The number of hydrogen-bond donors (Lipinski definition) is 2. The Morgan fingerprint density at radius 2 is 2.36 bits per heavy atom. The second-order valence-electron chi connectivity index (χ2n) is 6.00. The van der Waals surface area contributed by atoms with E-state index in [4.69, 9.17) is 0 Å². The van der Waals surface area contributed by atoms with Gasteiger partial charge in [-0.3, -0.25) is 9.48 Å². The Morgan fingerprint density at radius 3 is 3.14 bits per heavy atom. The van der Waals surface area contributed by atoms with Crippen LogP contribution in [0.5, 0.6) is 0 Å². The number of aromatic nitrogens is 2. The van der Waals surface area contributed by atoms with Gasteiger partial charge in [0, 0.05) is 18.8 Å². The first-order valence-corrected chi connectivity index (χ1v) is 7.44. The zero-order chi connectivity index (χ0) is 14.9. The molecule has 1 aromatic rings. The zero-order valence-electron chi connectivity index (χ0n) is 12.2. The minimum Gasteiger partial charge on any atom is -0.315 e. The summed E-state index contributed by atoms with van der Waals surface area (Å²) < 4.78 is 25.8. The van der Waals surface area contributed by atoms with E-state index in [0.717, 1.165) is 30.5 Å². The Bertz CT molecular complexity index is 525. The van der Waals surface area contributed by atoms with Crippen LogP contribution in [0.4, 0.5) is 14.6 Å². The molecule has 1 saturated heterocycles. The molecular formula is C14H21ClF2N4O. The van der Waals surface area contributed by atoms with Crippen molar-refractivity contribution in [3.05, 3.63) is 12.3 Å². The third-order valence-electron chi connectivity index (χ3n) is 4.70. The summed E-state index contributed by atoms with van der Waals surface area (Å²) in [6.07, 6.45) is 3.20. The molecule has 0 bridgehead atoms. The second-order valence-corrected chi connectivity index (χ2v) is 6.00. The highest BCUT2D eigenvalue weighted by Crippen LogP contribution is 2.44. The van der Waals surface area contributed by atoms with Gasteiger partial charge in [0.1, 0.15) is 6.54 Å². The largest absolute Gasteiger partial charge is 0.315 e. The van der Waals surface area contributed by atoms with E-state index in [2.05, 4.69) is 15.7 Å². The Balaban J connectivity index is 0.00000176. The molecule has 0 spiro atoms. The van der Waals surface area contributed by atoms with Crippen LogP contribution in [0.1, 0.15) is 25.7 Å². The third kappa shape index (κ3) is 3.25. The molecule has 2 fully saturated rings. The molecule has 8 heteroatoms. The van der Waals surface area contributed by atoms with Crippen LogP contribution >= 0.6 is 12.4 Å². The summed E-state index contributed by atoms with van der Waals surface area (Å²) in [5.74, 6) is 0.695. The number of halogens is 3. The number of carbonyl (C=O) groups excluding carboxylic acids is 1. The highest BCUT2D eigenvalue weighted by Gasteiger charge is 2.49. The highest BCUT2D eigenvalue weighted by molar-refractivity contribution is 5.95. The summed E-state index contributed by atoms with van der Waals surface area (Å²) in [4.78, 5) is 12.7. The summed E-state index contributed by atoms with van der Waals surface area (Å²) in [5, 5.41) is 10.1. The Labute approximate surface area is 134 Å². The maximum Gasteiger partial charge on any atom is 0.257 e. The van der Waals surface area contributed by atoms with Crippen LogP contribution < -0.4 is 10.6 Å². The van der Waals surface area contributed by atoms with E-state index in [-0.39, 0.29) is 23.7 Å². The molecule has 124 valence electrons. The van der Waals surface area contributed by atoms with Gasteiger partial charge >= 0.3 is 0 Å². The van der Waals surface area contributed by atoms with Gasteiger partial charge in [0.25, 0.3) is 6.43 Å². The van der Waals surface area contributed by atoms with Crippen LogP contribution in [-0.2, 0) is 11.3 Å². The topological polar surface area (TPSA) is 59.0 Å². The molecule has 1 aromatic heterocycles. The lowest BCUT2D eigenvalue weighted by atomic mass is 9.67. The molecule has 22 heavy (non-hydrogen) atoms. The first-order chi connectivity index (χ1) is 10.1. The van der Waals surface area contributed by atoms with Gasteiger partial charge in [-0.15, -0.1) is 12.4 Å². The number of fused-ring (bicyclic) bond motifs is 1. The van der Waals surface area contributed by atoms with E-state index in [1.54, 1.807) is 6.07 Å². The predicted octanol–water partition coefficient (Wildman–Crippen LogP) is 2.29. The van der Waals surface area contributed by atoms with Gasteiger partial charge in [-0.25, -0.2) is 8.78 Å². The van der Waals surface area contributed by atoms with Crippen molar-refractivity contribution in [3.8, 4) is 0 Å². The quantitative estimate of drug-likeness (QED) is 0.888. The number of nitrogens with one attached hydrogen (secondary N) is 2. The molecule has 1 aliphatic heterocycles. The second kappa shape index (κ2) is 6.91. The van der Waals surface area contributed by atoms with Gasteiger partial charge in [0.05, 0.1) is 5.41 Å². The monoisotopic (exact) mass is 334 g/mol. The van der Waals surface area contributed by atoms with Crippen molar-refractivity contribution in [2.75, 3.05) is 18.4 Å². The van der Waals surface area contributed by atoms with Crippen molar-refractivity contribution >= 4 is 24.1 Å². The van der Waals surface area contributed by atoms with E-state index in [1.807, 2.05) is 0 Å². The first kappa shape index (κ1) is 17.1. The van der Waals surface area contributed by atoms with Gasteiger partial charge in [0.15, 0.2) is 5.82 Å². The van der Waals surface area contributed by atoms with Crippen molar-refractivity contribution in [1.29, 1.82) is 0 Å². The van der Waals surface area contributed by atoms with E-state index in [1.165, 1.54) is 12.6 Å². The third-order valence-corrected chi connectivity index (χ3v) is 4.70. The van der Waals surface area contributed by atoms with E-state index in [9.17, 15) is 13.6 Å². The lowest BCUT2D eigenvalue weighted by molar-refractivity contribution is -0.128. The zero-order valence-corrected chi connectivity index (χ0v) is 13.0. The lowest BCUT2D eigenvalue weighted by Gasteiger charge is -2.36. The van der Waals surface area contributed by atoms with Gasteiger partial charge in [0.2, 0.25) is 5.91 Å². The SMILES string of the molecule is Cl.O=C(Nc1ccn(CC(F)F)n1)[C@@]12CCCC[C@H]1CNC2. The molecule has 2 atom stereocenters. The maximum absolute atomic E-state index is 12.7. The number of nitrogens with zero attached hydrogens (tertiary/aromatic N) is 2. The fourth-order valence-electron chi connectivity index (χ4n) is 3.60. The van der Waals surface area contributed by atoms with Crippen LogP contribution in [0, 0.1) is 11.3 Å². The van der Waals surface area contributed by atoms with Crippen molar-refractivity contribution in [2.45, 2.75) is 38.7 Å². The number of hydrogen-bond acceptors (Lipinski definition) is 3. The summed E-state index contributed by atoms with van der Waals surface area (Å²) in [6, 6.07) is 1.57. The summed E-state index contributed by atoms with van der Waals surface area (Å²) in [7, 11) is 0. The van der Waals surface area contributed by atoms with Crippen molar-refractivity contribution < 1.29 is 13.6 Å².